The number of rotatable bonds is 5. The molecule has 0 atom stereocenters. The number of nitrogens with one attached hydrogen (secondary N) is 2. The first-order valence-electron chi connectivity index (χ1n) is 10.1. The zero-order valence-corrected chi connectivity index (χ0v) is 15.5. The second kappa shape index (κ2) is 7.94. The summed E-state index contributed by atoms with van der Waals surface area (Å²) in [5.74, 6) is 1.16. The average molecular weight is 348 g/mol. The fourth-order valence-corrected chi connectivity index (χ4v) is 4.25. The number of para-hydroxylation sites is 2. The van der Waals surface area contributed by atoms with Crippen LogP contribution < -0.4 is 10.6 Å². The lowest BCUT2D eigenvalue weighted by molar-refractivity contribution is 0.402. The van der Waals surface area contributed by atoms with Crippen LogP contribution in [0, 0.1) is 0 Å². The number of benzene rings is 2. The molecule has 136 valence electrons. The van der Waals surface area contributed by atoms with Crippen LogP contribution in [-0.2, 0) is 6.42 Å². The minimum Gasteiger partial charge on any atom is -0.371 e. The van der Waals surface area contributed by atoms with Gasteiger partial charge in [-0.05, 0) is 49.8 Å². The molecule has 1 aliphatic heterocycles. The number of aryl methyl sites for hydroxylation is 1. The predicted molar refractivity (Wildman–Crippen MR) is 111 cm³/mol. The van der Waals surface area contributed by atoms with Gasteiger partial charge in [-0.15, -0.1) is 0 Å². The van der Waals surface area contributed by atoms with Crippen molar-refractivity contribution in [3.05, 3.63) is 60.2 Å². The lowest BCUT2D eigenvalue weighted by Gasteiger charge is -2.44. The number of amidine groups is 1. The van der Waals surface area contributed by atoms with E-state index in [-0.39, 0.29) is 5.54 Å². The van der Waals surface area contributed by atoms with Crippen molar-refractivity contribution in [2.75, 3.05) is 17.2 Å². The fourth-order valence-electron chi connectivity index (χ4n) is 4.25. The highest BCUT2D eigenvalue weighted by molar-refractivity contribution is 6.09. The van der Waals surface area contributed by atoms with Crippen molar-refractivity contribution in [2.45, 2.75) is 56.9 Å². The summed E-state index contributed by atoms with van der Waals surface area (Å²) in [7, 11) is 0. The Bertz CT molecular complexity index is 745. The second-order valence-corrected chi connectivity index (χ2v) is 7.61. The molecule has 2 aliphatic rings. The van der Waals surface area contributed by atoms with Gasteiger partial charge in [0.05, 0.1) is 16.9 Å². The Morgan fingerprint density at radius 1 is 0.808 bits per heavy atom. The summed E-state index contributed by atoms with van der Waals surface area (Å²) in [5.41, 5.74) is 3.82. The highest BCUT2D eigenvalue weighted by atomic mass is 15.2. The SMILES string of the molecule is c1ccc(CCCCN=C2Nc3ccccc3NC23CCCCC3)cc1. The molecule has 0 radical (unpaired) electrons. The Morgan fingerprint density at radius 3 is 2.35 bits per heavy atom. The zero-order chi connectivity index (χ0) is 17.7. The van der Waals surface area contributed by atoms with E-state index in [1.54, 1.807) is 0 Å². The Balaban J connectivity index is 1.42. The smallest absolute Gasteiger partial charge is 0.127 e. The van der Waals surface area contributed by atoms with Gasteiger partial charge >= 0.3 is 0 Å². The van der Waals surface area contributed by atoms with Crippen molar-refractivity contribution < 1.29 is 0 Å². The zero-order valence-electron chi connectivity index (χ0n) is 15.5. The van der Waals surface area contributed by atoms with E-state index in [2.05, 4.69) is 65.2 Å². The molecule has 1 saturated carbocycles. The maximum absolute atomic E-state index is 5.03. The number of fused-ring (bicyclic) bond motifs is 1. The first kappa shape index (κ1) is 17.1. The van der Waals surface area contributed by atoms with Crippen molar-refractivity contribution >= 4 is 17.2 Å². The lowest BCUT2D eigenvalue weighted by Crippen LogP contribution is -2.53. The van der Waals surface area contributed by atoms with E-state index in [0.717, 1.165) is 30.9 Å². The van der Waals surface area contributed by atoms with Crippen LogP contribution in [0.1, 0.15) is 50.5 Å². The van der Waals surface area contributed by atoms with E-state index in [9.17, 15) is 0 Å². The molecule has 1 spiro atoms. The monoisotopic (exact) mass is 347 g/mol. The summed E-state index contributed by atoms with van der Waals surface area (Å²) in [6, 6.07) is 19.3. The summed E-state index contributed by atoms with van der Waals surface area (Å²) in [5, 5.41) is 7.49. The van der Waals surface area contributed by atoms with E-state index >= 15 is 0 Å². The van der Waals surface area contributed by atoms with Crippen molar-refractivity contribution in [2.24, 2.45) is 4.99 Å². The molecule has 1 aliphatic carbocycles. The highest BCUT2D eigenvalue weighted by Gasteiger charge is 2.40. The Morgan fingerprint density at radius 2 is 1.54 bits per heavy atom. The topological polar surface area (TPSA) is 36.4 Å². The van der Waals surface area contributed by atoms with Gasteiger partial charge in [-0.2, -0.15) is 0 Å². The Hall–Kier alpha value is -2.29. The summed E-state index contributed by atoms with van der Waals surface area (Å²) >= 11 is 0. The van der Waals surface area contributed by atoms with Gasteiger partial charge < -0.3 is 10.6 Å². The third-order valence-corrected chi connectivity index (χ3v) is 5.70. The van der Waals surface area contributed by atoms with Crippen LogP contribution in [0.3, 0.4) is 0 Å². The Labute approximate surface area is 156 Å². The van der Waals surface area contributed by atoms with Gasteiger partial charge in [-0.3, -0.25) is 4.99 Å². The van der Waals surface area contributed by atoms with Gasteiger partial charge in [0.1, 0.15) is 5.84 Å². The average Bonchev–Trinajstić information content (AvgIpc) is 2.69. The number of anilines is 2. The first-order chi connectivity index (χ1) is 12.9. The van der Waals surface area contributed by atoms with Crippen LogP contribution in [0.5, 0.6) is 0 Å². The van der Waals surface area contributed by atoms with E-state index in [1.807, 2.05) is 0 Å². The summed E-state index contributed by atoms with van der Waals surface area (Å²) in [4.78, 5) is 5.03. The molecule has 2 aromatic carbocycles. The summed E-state index contributed by atoms with van der Waals surface area (Å²) in [6.07, 6.45) is 9.73. The standard InChI is InChI=1S/C23H29N3/c1-3-11-19(12-4-1)13-7-10-18-24-22-23(16-8-2-9-17-23)26-21-15-6-5-14-20(21)25-22/h1,3-6,11-12,14-15,26H,2,7-10,13,16-18H2,(H,24,25). The molecule has 4 rings (SSSR count). The molecule has 3 nitrogen and oxygen atoms in total. The minimum atomic E-state index is 0.0199. The van der Waals surface area contributed by atoms with Crippen LogP contribution in [0.15, 0.2) is 59.6 Å². The second-order valence-electron chi connectivity index (χ2n) is 7.61. The van der Waals surface area contributed by atoms with Crippen molar-refractivity contribution in [3.8, 4) is 0 Å². The number of hydrogen-bond acceptors (Lipinski definition) is 2. The molecule has 2 aromatic rings. The lowest BCUT2D eigenvalue weighted by atomic mass is 9.79. The van der Waals surface area contributed by atoms with Crippen LogP contribution in [0.4, 0.5) is 11.4 Å². The van der Waals surface area contributed by atoms with Crippen LogP contribution in [-0.4, -0.2) is 17.9 Å². The largest absolute Gasteiger partial charge is 0.371 e. The van der Waals surface area contributed by atoms with Gasteiger partial charge in [-0.25, -0.2) is 0 Å². The van der Waals surface area contributed by atoms with Crippen LogP contribution in [0.25, 0.3) is 0 Å². The maximum atomic E-state index is 5.03. The fraction of sp³-hybridized carbons (Fsp3) is 0.435. The van der Waals surface area contributed by atoms with Gasteiger partial charge in [-0.1, -0.05) is 61.7 Å². The van der Waals surface area contributed by atoms with Crippen molar-refractivity contribution in [1.82, 2.24) is 0 Å². The van der Waals surface area contributed by atoms with E-state index in [4.69, 9.17) is 4.99 Å². The van der Waals surface area contributed by atoms with Crippen molar-refractivity contribution in [3.63, 3.8) is 0 Å². The third-order valence-electron chi connectivity index (χ3n) is 5.70. The maximum Gasteiger partial charge on any atom is 0.127 e. The molecule has 0 amide bonds. The molecule has 1 fully saturated rings. The number of unbranched alkanes of at least 4 members (excludes halogenated alkanes) is 1. The van der Waals surface area contributed by atoms with Gasteiger partial charge in [0.15, 0.2) is 0 Å². The quantitative estimate of drug-likeness (QED) is 0.686. The number of nitrogens with zero attached hydrogens (tertiary/aromatic N) is 1. The molecule has 0 unspecified atom stereocenters. The van der Waals surface area contributed by atoms with Gasteiger partial charge in [0.25, 0.3) is 0 Å². The third kappa shape index (κ3) is 3.77. The number of aliphatic imine (C=N–C) groups is 1. The number of hydrogen-bond donors (Lipinski definition) is 2. The molecule has 0 bridgehead atoms. The minimum absolute atomic E-state index is 0.0199. The highest BCUT2D eigenvalue weighted by Crippen LogP contribution is 2.39. The van der Waals surface area contributed by atoms with E-state index in [1.165, 1.54) is 49.8 Å². The molecular formula is C23H29N3. The van der Waals surface area contributed by atoms with E-state index in [0.29, 0.717) is 0 Å². The van der Waals surface area contributed by atoms with Gasteiger partial charge in [0.2, 0.25) is 0 Å². The molecule has 3 heteroatoms. The Kier molecular flexibility index (Phi) is 5.24. The van der Waals surface area contributed by atoms with Crippen molar-refractivity contribution in [1.29, 1.82) is 0 Å². The molecule has 26 heavy (non-hydrogen) atoms. The molecule has 0 aromatic heterocycles. The predicted octanol–water partition coefficient (Wildman–Crippen LogP) is 5.65. The molecule has 0 saturated heterocycles. The molecular weight excluding hydrogens is 318 g/mol. The van der Waals surface area contributed by atoms with Crippen LogP contribution in [0.2, 0.25) is 0 Å². The first-order valence-corrected chi connectivity index (χ1v) is 10.1. The summed E-state index contributed by atoms with van der Waals surface area (Å²) in [6.45, 7) is 0.904. The normalized spacial score (nSPS) is 19.6. The molecule has 1 heterocycles. The van der Waals surface area contributed by atoms with E-state index < -0.39 is 0 Å². The van der Waals surface area contributed by atoms with Gasteiger partial charge in [0, 0.05) is 6.54 Å². The summed E-state index contributed by atoms with van der Waals surface area (Å²) < 4.78 is 0. The van der Waals surface area contributed by atoms with Crippen LogP contribution >= 0.6 is 0 Å². The molecule has 2 N–H and O–H groups in total.